The summed E-state index contributed by atoms with van der Waals surface area (Å²) >= 11 is 0. The van der Waals surface area contributed by atoms with Crippen molar-refractivity contribution in [1.29, 1.82) is 0 Å². The summed E-state index contributed by atoms with van der Waals surface area (Å²) in [6.45, 7) is 2.29. The van der Waals surface area contributed by atoms with E-state index in [4.69, 9.17) is 0 Å². The van der Waals surface area contributed by atoms with E-state index in [-0.39, 0.29) is 5.82 Å². The molecule has 1 fully saturated rings. The van der Waals surface area contributed by atoms with Gasteiger partial charge >= 0.3 is 0 Å². The zero-order chi connectivity index (χ0) is 10.7. The summed E-state index contributed by atoms with van der Waals surface area (Å²) in [5.74, 6) is 0.633. The lowest BCUT2D eigenvalue weighted by Crippen LogP contribution is -2.11. The van der Waals surface area contributed by atoms with Crippen molar-refractivity contribution in [3.05, 3.63) is 30.1 Å². The van der Waals surface area contributed by atoms with Crippen molar-refractivity contribution in [2.24, 2.45) is 10.9 Å². The van der Waals surface area contributed by atoms with Gasteiger partial charge in [-0.15, -0.1) is 0 Å². The van der Waals surface area contributed by atoms with Gasteiger partial charge in [0.25, 0.3) is 0 Å². The fourth-order valence-electron chi connectivity index (χ4n) is 1.91. The summed E-state index contributed by atoms with van der Waals surface area (Å²) in [5, 5.41) is 0. The van der Waals surface area contributed by atoms with E-state index < -0.39 is 0 Å². The van der Waals surface area contributed by atoms with Gasteiger partial charge in [-0.3, -0.25) is 4.99 Å². The molecule has 0 aliphatic heterocycles. The third kappa shape index (κ3) is 2.88. The molecule has 0 heterocycles. The molecule has 1 aliphatic rings. The highest BCUT2D eigenvalue weighted by Gasteiger charge is 2.13. The Bertz CT molecular complexity index is 343. The molecule has 0 amide bonds. The Hall–Kier alpha value is -1.18. The van der Waals surface area contributed by atoms with Crippen LogP contribution in [0.5, 0.6) is 0 Å². The van der Waals surface area contributed by atoms with Crippen LogP contribution in [0.2, 0.25) is 0 Å². The van der Waals surface area contributed by atoms with Crippen LogP contribution < -0.4 is 0 Å². The zero-order valence-electron chi connectivity index (χ0n) is 9.04. The minimum absolute atomic E-state index is 0.198. The predicted molar refractivity (Wildman–Crippen MR) is 61.1 cm³/mol. The second-order valence-corrected chi connectivity index (χ2v) is 4.34. The van der Waals surface area contributed by atoms with Gasteiger partial charge in [0.1, 0.15) is 5.82 Å². The maximum Gasteiger partial charge on any atom is 0.123 e. The van der Waals surface area contributed by atoms with Gasteiger partial charge < -0.3 is 0 Å². The average molecular weight is 205 g/mol. The maximum atomic E-state index is 12.7. The molecule has 0 unspecified atom stereocenters. The van der Waals surface area contributed by atoms with Crippen LogP contribution in [-0.2, 0) is 0 Å². The number of benzene rings is 1. The van der Waals surface area contributed by atoms with Gasteiger partial charge in [-0.05, 0) is 55.9 Å². The van der Waals surface area contributed by atoms with E-state index in [0.29, 0.717) is 0 Å². The van der Waals surface area contributed by atoms with Crippen molar-refractivity contribution in [1.82, 2.24) is 0 Å². The SMILES string of the molecule is CC1CCC(=Nc2ccc(F)cc2)CC1. The van der Waals surface area contributed by atoms with Crippen molar-refractivity contribution < 1.29 is 4.39 Å². The molecule has 2 rings (SSSR count). The number of halogens is 1. The van der Waals surface area contributed by atoms with E-state index in [0.717, 1.165) is 24.4 Å². The molecule has 0 bridgehead atoms. The van der Waals surface area contributed by atoms with Gasteiger partial charge in [-0.1, -0.05) is 6.92 Å². The highest BCUT2D eigenvalue weighted by Crippen LogP contribution is 2.24. The van der Waals surface area contributed by atoms with Gasteiger partial charge in [0.2, 0.25) is 0 Å². The molecule has 0 radical (unpaired) electrons. The predicted octanol–water partition coefficient (Wildman–Crippen LogP) is 4.11. The molecule has 0 spiro atoms. The largest absolute Gasteiger partial charge is 0.258 e. The molecule has 0 saturated heterocycles. The fourth-order valence-corrected chi connectivity index (χ4v) is 1.91. The van der Waals surface area contributed by atoms with Crippen LogP contribution in [0, 0.1) is 11.7 Å². The fraction of sp³-hybridized carbons (Fsp3) is 0.462. The lowest BCUT2D eigenvalue weighted by Gasteiger charge is -2.18. The van der Waals surface area contributed by atoms with E-state index in [1.54, 1.807) is 12.1 Å². The molecule has 1 saturated carbocycles. The first-order chi connectivity index (χ1) is 7.24. The molecular weight excluding hydrogens is 189 g/mol. The van der Waals surface area contributed by atoms with E-state index in [2.05, 4.69) is 11.9 Å². The highest BCUT2D eigenvalue weighted by molar-refractivity contribution is 5.87. The first-order valence-corrected chi connectivity index (χ1v) is 5.56. The summed E-state index contributed by atoms with van der Waals surface area (Å²) in [6, 6.07) is 6.40. The molecule has 2 heteroatoms. The molecule has 1 nitrogen and oxygen atoms in total. The van der Waals surface area contributed by atoms with Crippen molar-refractivity contribution in [3.63, 3.8) is 0 Å². The van der Waals surface area contributed by atoms with Crippen LogP contribution in [0.3, 0.4) is 0 Å². The zero-order valence-corrected chi connectivity index (χ0v) is 9.04. The number of rotatable bonds is 1. The standard InChI is InChI=1S/C13H16FN/c1-10-2-6-12(7-3-10)15-13-8-4-11(14)5-9-13/h4-5,8-10H,2-3,6-7H2,1H3. The first-order valence-electron chi connectivity index (χ1n) is 5.56. The topological polar surface area (TPSA) is 12.4 Å². The van der Waals surface area contributed by atoms with E-state index in [9.17, 15) is 4.39 Å². The summed E-state index contributed by atoms with van der Waals surface area (Å²) in [7, 11) is 0. The molecule has 1 aromatic carbocycles. The van der Waals surface area contributed by atoms with Gasteiger partial charge in [-0.2, -0.15) is 0 Å². The van der Waals surface area contributed by atoms with Crippen LogP contribution in [0.4, 0.5) is 10.1 Å². The molecular formula is C13H16FN. The Balaban J connectivity index is 2.06. The van der Waals surface area contributed by atoms with Crippen LogP contribution in [0.1, 0.15) is 32.6 Å². The molecule has 0 atom stereocenters. The second kappa shape index (κ2) is 4.56. The number of nitrogens with zero attached hydrogens (tertiary/aromatic N) is 1. The lowest BCUT2D eigenvalue weighted by atomic mass is 9.89. The van der Waals surface area contributed by atoms with E-state index in [1.807, 2.05) is 0 Å². The van der Waals surface area contributed by atoms with Gasteiger partial charge in [-0.25, -0.2) is 4.39 Å². The molecule has 1 aromatic rings. The number of aliphatic imine (C=N–C) groups is 1. The Labute approximate surface area is 90.0 Å². The highest BCUT2D eigenvalue weighted by atomic mass is 19.1. The molecule has 80 valence electrons. The van der Waals surface area contributed by atoms with Crippen LogP contribution >= 0.6 is 0 Å². The van der Waals surface area contributed by atoms with Crippen LogP contribution in [-0.4, -0.2) is 5.71 Å². The number of hydrogen-bond acceptors (Lipinski definition) is 1. The Morgan fingerprint density at radius 1 is 1.13 bits per heavy atom. The van der Waals surface area contributed by atoms with E-state index in [1.165, 1.54) is 30.7 Å². The quantitative estimate of drug-likeness (QED) is 0.654. The summed E-state index contributed by atoms with van der Waals surface area (Å²) in [6.07, 6.45) is 4.66. The molecule has 0 aromatic heterocycles. The van der Waals surface area contributed by atoms with Crippen LogP contribution in [0.25, 0.3) is 0 Å². The summed E-state index contributed by atoms with van der Waals surface area (Å²) in [5.41, 5.74) is 2.14. The Morgan fingerprint density at radius 3 is 2.33 bits per heavy atom. The maximum absolute atomic E-state index is 12.7. The average Bonchev–Trinajstić information content (AvgIpc) is 2.25. The second-order valence-electron chi connectivity index (χ2n) is 4.34. The van der Waals surface area contributed by atoms with Crippen molar-refractivity contribution in [2.75, 3.05) is 0 Å². The minimum atomic E-state index is -0.198. The lowest BCUT2D eigenvalue weighted by molar-refractivity contribution is 0.483. The number of hydrogen-bond donors (Lipinski definition) is 0. The van der Waals surface area contributed by atoms with Gasteiger partial charge in [0.05, 0.1) is 5.69 Å². The minimum Gasteiger partial charge on any atom is -0.258 e. The van der Waals surface area contributed by atoms with Crippen LogP contribution in [0.15, 0.2) is 29.3 Å². The van der Waals surface area contributed by atoms with Gasteiger partial charge in [0, 0.05) is 5.71 Å². The smallest absolute Gasteiger partial charge is 0.123 e. The van der Waals surface area contributed by atoms with Crippen molar-refractivity contribution in [3.8, 4) is 0 Å². The molecule has 15 heavy (non-hydrogen) atoms. The van der Waals surface area contributed by atoms with E-state index >= 15 is 0 Å². The summed E-state index contributed by atoms with van der Waals surface area (Å²) < 4.78 is 12.7. The molecule has 0 N–H and O–H groups in total. The molecule has 1 aliphatic carbocycles. The van der Waals surface area contributed by atoms with Crippen molar-refractivity contribution in [2.45, 2.75) is 32.6 Å². The normalized spacial score (nSPS) is 21.5. The Morgan fingerprint density at radius 2 is 1.73 bits per heavy atom. The van der Waals surface area contributed by atoms with Crippen molar-refractivity contribution >= 4 is 11.4 Å². The third-order valence-electron chi connectivity index (χ3n) is 2.97. The first kappa shape index (κ1) is 10.3. The Kier molecular flexibility index (Phi) is 3.14. The monoisotopic (exact) mass is 205 g/mol. The third-order valence-corrected chi connectivity index (χ3v) is 2.97. The van der Waals surface area contributed by atoms with Gasteiger partial charge in [0.15, 0.2) is 0 Å². The summed E-state index contributed by atoms with van der Waals surface area (Å²) in [4.78, 5) is 4.54.